The van der Waals surface area contributed by atoms with Crippen LogP contribution >= 0.6 is 22.7 Å². The van der Waals surface area contributed by atoms with Gasteiger partial charge in [0.25, 0.3) is 5.91 Å². The van der Waals surface area contributed by atoms with Crippen LogP contribution in [0.2, 0.25) is 0 Å². The van der Waals surface area contributed by atoms with Crippen molar-refractivity contribution >= 4 is 81.5 Å². The van der Waals surface area contributed by atoms with Gasteiger partial charge in [0, 0.05) is 52.1 Å². The lowest BCUT2D eigenvalue weighted by Gasteiger charge is -2.28. The van der Waals surface area contributed by atoms with E-state index < -0.39 is 52.3 Å². The molecule has 4 aromatic rings. The van der Waals surface area contributed by atoms with Crippen LogP contribution in [-0.4, -0.2) is 65.3 Å². The Morgan fingerprint density at radius 2 is 1.23 bits per heavy atom. The van der Waals surface area contributed by atoms with E-state index in [4.69, 9.17) is 0 Å². The maximum atomic E-state index is 15.1. The molecule has 2 aromatic carbocycles. The maximum absolute atomic E-state index is 15.1. The summed E-state index contributed by atoms with van der Waals surface area (Å²) < 4.78 is 56.3. The van der Waals surface area contributed by atoms with Crippen LogP contribution in [0.15, 0.2) is 70.8 Å². The van der Waals surface area contributed by atoms with Gasteiger partial charge in [0.1, 0.15) is 0 Å². The molecule has 2 aliphatic carbocycles. The SMILES string of the molecule is CCCCC(CC)CN1C(=O)/C(=C(\c2ccc(C=C3C(=O)c4cc(F)c(F)cc4C3=O)s2)N(C)CC(C)CC)C(C=O)=C1c1ccc(C=C2C(=O)c3cc(F)c(F)cc3C2=O)s1. The average Bonchev–Trinajstić information content (AvgIpc) is 4.05. The number of fused-ring (bicyclic) bond motifs is 2. The minimum absolute atomic E-state index is 0.0737. The molecular weight excluding hydrogens is 841 g/mol. The smallest absolute Gasteiger partial charge is 0.261 e. The van der Waals surface area contributed by atoms with Crippen molar-refractivity contribution in [3.8, 4) is 0 Å². The van der Waals surface area contributed by atoms with Crippen molar-refractivity contribution in [2.75, 3.05) is 20.1 Å². The van der Waals surface area contributed by atoms with Gasteiger partial charge in [-0.25, -0.2) is 17.6 Å². The summed E-state index contributed by atoms with van der Waals surface area (Å²) in [6.45, 7) is 9.00. The largest absolute Gasteiger partial charge is 0.373 e. The van der Waals surface area contributed by atoms with Crippen molar-refractivity contribution in [2.45, 2.75) is 59.8 Å². The number of ketones is 4. The molecule has 0 radical (unpaired) electrons. The first kappa shape index (κ1) is 44.2. The number of carbonyl (C=O) groups is 6. The first-order valence-corrected chi connectivity index (χ1v) is 22.0. The van der Waals surface area contributed by atoms with Crippen molar-refractivity contribution in [1.29, 1.82) is 0 Å². The molecule has 0 saturated carbocycles. The molecule has 1 amide bonds. The fraction of sp³-hybridized carbons (Fsp3) is 0.292. The lowest BCUT2D eigenvalue weighted by molar-refractivity contribution is -0.123. The molecule has 0 fully saturated rings. The molecule has 1 aliphatic heterocycles. The van der Waals surface area contributed by atoms with Crippen molar-refractivity contribution in [1.82, 2.24) is 9.80 Å². The molecule has 0 N–H and O–H groups in total. The number of aldehydes is 1. The van der Waals surface area contributed by atoms with Gasteiger partial charge in [0.15, 0.2) is 52.7 Å². The summed E-state index contributed by atoms with van der Waals surface area (Å²) >= 11 is 2.32. The Morgan fingerprint density at radius 1 is 0.726 bits per heavy atom. The number of amides is 1. The highest BCUT2D eigenvalue weighted by Gasteiger charge is 2.41. The van der Waals surface area contributed by atoms with Crippen molar-refractivity contribution in [3.63, 3.8) is 0 Å². The highest BCUT2D eigenvalue weighted by Crippen LogP contribution is 2.45. The van der Waals surface area contributed by atoms with Gasteiger partial charge in [-0.15, -0.1) is 22.7 Å². The summed E-state index contributed by atoms with van der Waals surface area (Å²) in [5, 5.41) is 0. The molecule has 14 heteroatoms. The monoisotopic (exact) mass is 882 g/mol. The number of unbranched alkanes of at least 4 members (excludes halogenated alkanes) is 1. The van der Waals surface area contributed by atoms with Crippen LogP contribution in [-0.2, 0) is 9.59 Å². The number of hydrogen-bond acceptors (Lipinski definition) is 9. The topological polar surface area (TPSA) is 109 Å². The molecule has 0 saturated heterocycles. The van der Waals surface area contributed by atoms with Crippen LogP contribution in [0.5, 0.6) is 0 Å². The van der Waals surface area contributed by atoms with E-state index in [1.165, 1.54) is 23.5 Å². The van der Waals surface area contributed by atoms with Gasteiger partial charge in [-0.3, -0.25) is 28.8 Å². The number of Topliss-reactive ketones (excluding diaryl/α,β-unsaturated/α-hetero) is 4. The second-order valence-corrected chi connectivity index (χ2v) is 18.0. The summed E-state index contributed by atoms with van der Waals surface area (Å²) in [5.41, 5.74) is -0.387. The summed E-state index contributed by atoms with van der Waals surface area (Å²) in [4.78, 5) is 87.0. The van der Waals surface area contributed by atoms with Gasteiger partial charge in [-0.1, -0.05) is 53.4 Å². The van der Waals surface area contributed by atoms with Crippen molar-refractivity contribution < 1.29 is 46.3 Å². The lowest BCUT2D eigenvalue weighted by Crippen LogP contribution is -2.32. The zero-order valence-corrected chi connectivity index (χ0v) is 36.3. The Balaban J connectivity index is 1.36. The van der Waals surface area contributed by atoms with Gasteiger partial charge in [-0.2, -0.15) is 0 Å². The molecule has 7 rings (SSSR count). The van der Waals surface area contributed by atoms with Gasteiger partial charge >= 0.3 is 0 Å². The van der Waals surface area contributed by atoms with E-state index in [9.17, 15) is 41.5 Å². The van der Waals surface area contributed by atoms with Crippen LogP contribution in [0.1, 0.15) is 121 Å². The van der Waals surface area contributed by atoms with Gasteiger partial charge in [-0.05, 0) is 78.9 Å². The average molecular weight is 883 g/mol. The molecular formula is C48H42F4N2O6S2. The summed E-state index contributed by atoms with van der Waals surface area (Å²) in [6, 6.07) is 9.61. The third-order valence-electron chi connectivity index (χ3n) is 11.6. The number of halogens is 4. The number of allylic oxidation sites excluding steroid dienone is 2. The second-order valence-electron chi connectivity index (χ2n) is 15.8. The van der Waals surface area contributed by atoms with Crippen LogP contribution < -0.4 is 0 Å². The van der Waals surface area contributed by atoms with Gasteiger partial charge in [0.2, 0.25) is 0 Å². The molecule has 0 spiro atoms. The third-order valence-corrected chi connectivity index (χ3v) is 13.7. The van der Waals surface area contributed by atoms with E-state index in [1.807, 2.05) is 25.8 Å². The number of thiophene rings is 2. The van der Waals surface area contributed by atoms with E-state index in [0.29, 0.717) is 62.4 Å². The molecule has 320 valence electrons. The summed E-state index contributed by atoms with van der Waals surface area (Å²) in [7, 11) is 1.82. The molecule has 62 heavy (non-hydrogen) atoms. The normalized spacial score (nSPS) is 16.7. The fourth-order valence-corrected chi connectivity index (χ4v) is 10.1. The zero-order chi connectivity index (χ0) is 44.7. The Hall–Kier alpha value is -5.86. The Morgan fingerprint density at radius 3 is 1.69 bits per heavy atom. The number of nitrogens with zero attached hydrogens (tertiary/aromatic N) is 2. The number of hydrogen-bond donors (Lipinski definition) is 0. The van der Waals surface area contributed by atoms with Crippen LogP contribution in [0.3, 0.4) is 0 Å². The Bertz CT molecular complexity index is 2630. The molecule has 2 atom stereocenters. The van der Waals surface area contributed by atoms with Crippen molar-refractivity contribution in [3.05, 3.63) is 136 Å². The van der Waals surface area contributed by atoms with Crippen LogP contribution in [0.4, 0.5) is 17.6 Å². The first-order chi connectivity index (χ1) is 29.6. The molecule has 2 aromatic heterocycles. The highest BCUT2D eigenvalue weighted by atomic mass is 32.1. The Labute approximate surface area is 363 Å². The first-order valence-electron chi connectivity index (χ1n) is 20.4. The number of benzene rings is 2. The quantitative estimate of drug-likeness (QED) is 0.0506. The molecule has 2 unspecified atom stereocenters. The predicted octanol–water partition coefficient (Wildman–Crippen LogP) is 10.6. The Kier molecular flexibility index (Phi) is 12.7. The summed E-state index contributed by atoms with van der Waals surface area (Å²) in [6.07, 6.45) is 7.63. The van der Waals surface area contributed by atoms with E-state index in [1.54, 1.807) is 29.2 Å². The molecule has 3 aliphatic rings. The van der Waals surface area contributed by atoms with Gasteiger partial charge < -0.3 is 9.80 Å². The van der Waals surface area contributed by atoms with E-state index in [0.717, 1.165) is 55.6 Å². The maximum Gasteiger partial charge on any atom is 0.261 e. The standard InChI is InChI=1S/C48H42F4N2O6S2/c1-6-9-10-25(8-3)22-54-42(39-13-11-26(61-39)15-32-44(56)28-17-35(49)36(50)18-29(28)45(32)57)34(23-55)41(48(54)60)43(53(5)21-24(4)7-2)40-14-12-27(62-40)16-33-46(58)30-19-37(51)38(52)20-31(30)47(33)59/h11-20,23-25H,6-10,21-22H2,1-5H3/b43-41+. The van der Waals surface area contributed by atoms with Gasteiger partial charge in [0.05, 0.1) is 43.4 Å². The second kappa shape index (κ2) is 17.9. The minimum atomic E-state index is -1.25. The minimum Gasteiger partial charge on any atom is -0.373 e. The van der Waals surface area contributed by atoms with Crippen molar-refractivity contribution in [2.24, 2.45) is 11.8 Å². The summed E-state index contributed by atoms with van der Waals surface area (Å²) in [5.74, 6) is -8.13. The molecule has 0 bridgehead atoms. The predicted molar refractivity (Wildman–Crippen MR) is 232 cm³/mol. The number of carbonyl (C=O) groups excluding carboxylic acids is 6. The highest BCUT2D eigenvalue weighted by molar-refractivity contribution is 7.14. The zero-order valence-electron chi connectivity index (χ0n) is 34.6. The molecule has 8 nitrogen and oxygen atoms in total. The van der Waals surface area contributed by atoms with E-state index >= 15 is 4.79 Å². The number of rotatable bonds is 15. The fourth-order valence-electron chi connectivity index (χ4n) is 8.06. The van der Waals surface area contributed by atoms with Crippen LogP contribution in [0, 0.1) is 35.1 Å². The lowest BCUT2D eigenvalue weighted by atomic mass is 9.98. The third kappa shape index (κ3) is 8.01. The van der Waals surface area contributed by atoms with Crippen LogP contribution in [0.25, 0.3) is 23.5 Å². The van der Waals surface area contributed by atoms with E-state index in [2.05, 4.69) is 13.8 Å². The molecule has 3 heterocycles. The van der Waals surface area contributed by atoms with E-state index in [-0.39, 0.29) is 56.4 Å².